The van der Waals surface area contributed by atoms with Crippen molar-refractivity contribution in [3.63, 3.8) is 0 Å². The van der Waals surface area contributed by atoms with Gasteiger partial charge < -0.3 is 20.0 Å². The maximum atomic E-state index is 9.72. The van der Waals surface area contributed by atoms with E-state index < -0.39 is 0 Å². The maximum Gasteiger partial charge on any atom is 0.118 e. The Balaban J connectivity index is 1.95. The number of benzene rings is 2. The van der Waals surface area contributed by atoms with Crippen molar-refractivity contribution >= 4 is 5.71 Å². The lowest BCUT2D eigenvalue weighted by atomic mass is 9.75. The van der Waals surface area contributed by atoms with E-state index in [1.165, 1.54) is 0 Å². The second-order valence-electron chi connectivity index (χ2n) is 7.31. The number of rotatable bonds is 5. The number of hydrogen-bond donors (Lipinski definition) is 2. The normalized spacial score (nSPS) is 24.2. The molecule has 5 nitrogen and oxygen atoms in total. The molecule has 1 fully saturated rings. The summed E-state index contributed by atoms with van der Waals surface area (Å²) in [7, 11) is 3.33. The number of methoxy groups -OCH3 is 2. The number of nitrogens with zero attached hydrogens (tertiary/aromatic N) is 1. The van der Waals surface area contributed by atoms with Crippen molar-refractivity contribution in [3.8, 4) is 11.5 Å². The van der Waals surface area contributed by atoms with Gasteiger partial charge in [-0.1, -0.05) is 43.3 Å². The average Bonchev–Trinajstić information content (AvgIpc) is 2.72. The van der Waals surface area contributed by atoms with Gasteiger partial charge in [-0.15, -0.1) is 0 Å². The average molecular weight is 368 g/mol. The van der Waals surface area contributed by atoms with Crippen LogP contribution in [0.3, 0.4) is 0 Å². The van der Waals surface area contributed by atoms with E-state index in [-0.39, 0.29) is 18.0 Å². The number of nitrogens with one attached hydrogen (secondary N) is 1. The van der Waals surface area contributed by atoms with Gasteiger partial charge in [0.15, 0.2) is 0 Å². The molecule has 0 aromatic heterocycles. The largest absolute Gasteiger partial charge is 0.497 e. The molecular formula is C22H28N2O3. The summed E-state index contributed by atoms with van der Waals surface area (Å²) in [6.07, 6.45) is 0.679. The van der Waals surface area contributed by atoms with Crippen LogP contribution < -0.4 is 14.8 Å². The summed E-state index contributed by atoms with van der Waals surface area (Å²) in [4.78, 5) is 0. The summed E-state index contributed by atoms with van der Waals surface area (Å²) in [5.41, 5.74) is 3.15. The third-order valence-electron chi connectivity index (χ3n) is 5.38. The lowest BCUT2D eigenvalue weighted by molar-refractivity contribution is 0.263. The van der Waals surface area contributed by atoms with Crippen LogP contribution in [0.1, 0.15) is 43.5 Å². The second kappa shape index (κ2) is 8.44. The molecule has 0 aliphatic carbocycles. The Labute approximate surface area is 161 Å². The molecule has 0 spiro atoms. The van der Waals surface area contributed by atoms with Gasteiger partial charge in [-0.3, -0.25) is 0 Å². The van der Waals surface area contributed by atoms with E-state index in [0.717, 1.165) is 28.3 Å². The zero-order valence-corrected chi connectivity index (χ0v) is 16.3. The lowest BCUT2D eigenvalue weighted by Crippen LogP contribution is -2.44. The summed E-state index contributed by atoms with van der Waals surface area (Å²) in [6.45, 7) is 4.34. The van der Waals surface area contributed by atoms with E-state index in [4.69, 9.17) is 9.47 Å². The van der Waals surface area contributed by atoms with Crippen molar-refractivity contribution in [1.29, 1.82) is 0 Å². The zero-order chi connectivity index (χ0) is 19.4. The molecule has 2 N–H and O–H groups in total. The molecule has 1 aliphatic heterocycles. The minimum absolute atomic E-state index is 0.0580. The predicted molar refractivity (Wildman–Crippen MR) is 107 cm³/mol. The molecule has 5 heteroatoms. The van der Waals surface area contributed by atoms with Gasteiger partial charge in [-0.05, 0) is 41.3 Å². The molecule has 0 saturated carbocycles. The summed E-state index contributed by atoms with van der Waals surface area (Å²) in [5, 5.41) is 17.2. The smallest absolute Gasteiger partial charge is 0.118 e. The molecule has 144 valence electrons. The molecular weight excluding hydrogens is 340 g/mol. The van der Waals surface area contributed by atoms with E-state index in [1.807, 2.05) is 24.3 Å². The van der Waals surface area contributed by atoms with Crippen molar-refractivity contribution in [2.24, 2.45) is 17.0 Å². The molecule has 1 heterocycles. The van der Waals surface area contributed by atoms with Gasteiger partial charge in [0.2, 0.25) is 0 Å². The van der Waals surface area contributed by atoms with E-state index in [0.29, 0.717) is 12.3 Å². The van der Waals surface area contributed by atoms with Crippen molar-refractivity contribution in [2.45, 2.75) is 32.4 Å². The Kier molecular flexibility index (Phi) is 6.01. The standard InChI is InChI=1S/C22H28N2O3/c1-14(2)21-20(24-25)13-19(15-5-9-17(26-3)10-6-15)23-22(21)16-7-11-18(27-4)12-8-16/h5-12,14,19,21-23,25H,13H2,1-4H3/b24-20+/t19-,21+,22-/m0/s1. The van der Waals surface area contributed by atoms with Crippen LogP contribution in [0.25, 0.3) is 0 Å². The van der Waals surface area contributed by atoms with Crippen LogP contribution in [0.15, 0.2) is 53.7 Å². The molecule has 0 amide bonds. The van der Waals surface area contributed by atoms with Crippen LogP contribution in [0.4, 0.5) is 0 Å². The highest BCUT2D eigenvalue weighted by Gasteiger charge is 2.38. The van der Waals surface area contributed by atoms with E-state index in [9.17, 15) is 5.21 Å². The van der Waals surface area contributed by atoms with Crippen LogP contribution in [-0.2, 0) is 0 Å². The summed E-state index contributed by atoms with van der Waals surface area (Å²) in [5.74, 6) is 2.13. The Morgan fingerprint density at radius 3 is 1.89 bits per heavy atom. The highest BCUT2D eigenvalue weighted by atomic mass is 16.5. The van der Waals surface area contributed by atoms with Crippen molar-refractivity contribution in [1.82, 2.24) is 5.32 Å². The number of hydrogen-bond acceptors (Lipinski definition) is 5. The highest BCUT2D eigenvalue weighted by molar-refractivity contribution is 5.89. The first-order chi connectivity index (χ1) is 13.1. The third kappa shape index (κ3) is 4.08. The van der Waals surface area contributed by atoms with Crippen LogP contribution >= 0.6 is 0 Å². The van der Waals surface area contributed by atoms with Crippen molar-refractivity contribution in [2.75, 3.05) is 14.2 Å². The fourth-order valence-electron chi connectivity index (χ4n) is 3.96. The molecule has 3 rings (SSSR count). The topological polar surface area (TPSA) is 63.1 Å². The SMILES string of the molecule is COc1ccc([C@@H]2C/C(=N\O)[C@@H](C(C)C)[C@H](c3ccc(OC)cc3)N2)cc1. The van der Waals surface area contributed by atoms with Gasteiger partial charge in [0.05, 0.1) is 19.9 Å². The third-order valence-corrected chi connectivity index (χ3v) is 5.38. The lowest BCUT2D eigenvalue weighted by Gasteiger charge is -2.40. The fourth-order valence-corrected chi connectivity index (χ4v) is 3.96. The van der Waals surface area contributed by atoms with Crippen LogP contribution in [0.2, 0.25) is 0 Å². The predicted octanol–water partition coefficient (Wildman–Crippen LogP) is 4.58. The molecule has 1 aliphatic rings. The summed E-state index contributed by atoms with van der Waals surface area (Å²) >= 11 is 0. The highest BCUT2D eigenvalue weighted by Crippen LogP contribution is 2.39. The first-order valence-electron chi connectivity index (χ1n) is 9.32. The van der Waals surface area contributed by atoms with Gasteiger partial charge in [-0.2, -0.15) is 0 Å². The Bertz CT molecular complexity index is 769. The number of ether oxygens (including phenoxy) is 2. The molecule has 0 radical (unpaired) electrons. The Morgan fingerprint density at radius 1 is 0.926 bits per heavy atom. The van der Waals surface area contributed by atoms with Gasteiger partial charge in [0.1, 0.15) is 11.5 Å². The molecule has 2 aromatic rings. The molecule has 2 aromatic carbocycles. The second-order valence-corrected chi connectivity index (χ2v) is 7.31. The minimum Gasteiger partial charge on any atom is -0.497 e. The number of oxime groups is 1. The monoisotopic (exact) mass is 368 g/mol. The summed E-state index contributed by atoms with van der Waals surface area (Å²) in [6, 6.07) is 16.3. The van der Waals surface area contributed by atoms with E-state index in [2.05, 4.69) is 48.6 Å². The van der Waals surface area contributed by atoms with Crippen LogP contribution in [0.5, 0.6) is 11.5 Å². The molecule has 3 atom stereocenters. The quantitative estimate of drug-likeness (QED) is 0.599. The number of piperidine rings is 1. The van der Waals surface area contributed by atoms with Gasteiger partial charge in [0, 0.05) is 24.4 Å². The van der Waals surface area contributed by atoms with Crippen molar-refractivity contribution in [3.05, 3.63) is 59.7 Å². The van der Waals surface area contributed by atoms with E-state index in [1.54, 1.807) is 14.2 Å². The first kappa shape index (κ1) is 19.2. The molecule has 1 saturated heterocycles. The Hall–Kier alpha value is -2.53. The van der Waals surface area contributed by atoms with Gasteiger partial charge in [0.25, 0.3) is 0 Å². The zero-order valence-electron chi connectivity index (χ0n) is 16.3. The molecule has 27 heavy (non-hydrogen) atoms. The van der Waals surface area contributed by atoms with Gasteiger partial charge in [-0.25, -0.2) is 0 Å². The Morgan fingerprint density at radius 2 is 1.44 bits per heavy atom. The van der Waals surface area contributed by atoms with Crippen molar-refractivity contribution < 1.29 is 14.7 Å². The fraction of sp³-hybridized carbons (Fsp3) is 0.409. The van der Waals surface area contributed by atoms with Gasteiger partial charge >= 0.3 is 0 Å². The summed E-state index contributed by atoms with van der Waals surface area (Å²) < 4.78 is 10.6. The first-order valence-corrected chi connectivity index (χ1v) is 9.32. The van der Waals surface area contributed by atoms with Crippen LogP contribution in [-0.4, -0.2) is 25.1 Å². The maximum absolute atomic E-state index is 9.72. The van der Waals surface area contributed by atoms with E-state index >= 15 is 0 Å². The minimum atomic E-state index is 0.0580. The molecule has 0 bridgehead atoms. The molecule has 0 unspecified atom stereocenters. The van der Waals surface area contributed by atoms with Crippen LogP contribution in [0, 0.1) is 11.8 Å².